The molecule has 0 aromatic carbocycles. The van der Waals surface area contributed by atoms with Crippen molar-refractivity contribution in [3.63, 3.8) is 0 Å². The van der Waals surface area contributed by atoms with Gasteiger partial charge in [0.2, 0.25) is 0 Å². The van der Waals surface area contributed by atoms with E-state index in [0.29, 0.717) is 24.5 Å². The lowest BCUT2D eigenvalue weighted by Crippen LogP contribution is -2.55. The number of hydrogen-bond donors (Lipinski definition) is 4. The molecule has 0 aromatic rings. The first-order valence-electron chi connectivity index (χ1n) is 13.4. The average Bonchev–Trinajstić information content (AvgIpc) is 3.09. The quantitative estimate of drug-likeness (QED) is 0.357. The van der Waals surface area contributed by atoms with Crippen LogP contribution in [0.4, 0.5) is 0 Å². The van der Waals surface area contributed by atoms with Crippen molar-refractivity contribution in [2.24, 2.45) is 52.3 Å². The van der Waals surface area contributed by atoms with Gasteiger partial charge in [-0.25, -0.2) is 0 Å². The van der Waals surface area contributed by atoms with Gasteiger partial charge in [-0.15, -0.1) is 0 Å². The summed E-state index contributed by atoms with van der Waals surface area (Å²) >= 11 is 0. The Morgan fingerprint density at radius 2 is 1.68 bits per heavy atom. The standard InChI is InChI=1S/C28H46O6/c1-14(2)15(3)24(31)25(32)16(4)18-7-8-19-17-13-34-26(33)21-11-22(29)23(30)12-28(21,6)20(17)9-10-27(18,19)5/h14,16-25,29-32H,3,7-13H2,1-2,4-6H3/t16?,17?,18?,19?,20?,21?,22?,23?,24?,25?,27-,28-/m1/s1. The molecule has 0 aromatic heterocycles. The Morgan fingerprint density at radius 3 is 2.32 bits per heavy atom. The van der Waals surface area contributed by atoms with Gasteiger partial charge in [0.1, 0.15) is 6.10 Å². The van der Waals surface area contributed by atoms with E-state index in [9.17, 15) is 25.2 Å². The van der Waals surface area contributed by atoms with Gasteiger partial charge in [0.25, 0.3) is 0 Å². The van der Waals surface area contributed by atoms with Gasteiger partial charge in [-0.3, -0.25) is 4.79 Å². The summed E-state index contributed by atoms with van der Waals surface area (Å²) in [5.74, 6) is 0.546. The second-order valence-corrected chi connectivity index (χ2v) is 12.9. The Labute approximate surface area is 204 Å². The van der Waals surface area contributed by atoms with Crippen LogP contribution in [0.5, 0.6) is 0 Å². The fourth-order valence-corrected chi connectivity index (χ4v) is 8.78. The van der Waals surface area contributed by atoms with Crippen molar-refractivity contribution in [1.82, 2.24) is 0 Å². The van der Waals surface area contributed by atoms with Crippen LogP contribution in [0.25, 0.3) is 0 Å². The zero-order valence-electron chi connectivity index (χ0n) is 21.6. The molecule has 0 bridgehead atoms. The molecular weight excluding hydrogens is 432 g/mol. The van der Waals surface area contributed by atoms with Gasteiger partial charge in [-0.05, 0) is 90.4 Å². The summed E-state index contributed by atoms with van der Waals surface area (Å²) in [7, 11) is 0. The molecule has 1 heterocycles. The van der Waals surface area contributed by atoms with Gasteiger partial charge in [0.05, 0.1) is 30.8 Å². The molecule has 1 saturated heterocycles. The van der Waals surface area contributed by atoms with E-state index in [1.54, 1.807) is 0 Å². The Kier molecular flexibility index (Phi) is 7.05. The Morgan fingerprint density at radius 1 is 1.03 bits per heavy atom. The number of aliphatic hydroxyl groups is 4. The van der Waals surface area contributed by atoms with Gasteiger partial charge in [-0.2, -0.15) is 0 Å². The van der Waals surface area contributed by atoms with Gasteiger partial charge >= 0.3 is 5.97 Å². The van der Waals surface area contributed by atoms with E-state index < -0.39 is 24.4 Å². The summed E-state index contributed by atoms with van der Waals surface area (Å²) in [6, 6.07) is 0. The number of carbonyl (C=O) groups excluding carboxylic acids is 1. The van der Waals surface area contributed by atoms with E-state index in [2.05, 4.69) is 27.4 Å². The summed E-state index contributed by atoms with van der Waals surface area (Å²) in [6.45, 7) is 14.9. The van der Waals surface area contributed by atoms with Crippen LogP contribution in [0.15, 0.2) is 12.2 Å². The maximum absolute atomic E-state index is 13.0. The number of cyclic esters (lactones) is 1. The third-order valence-electron chi connectivity index (χ3n) is 11.0. The molecule has 6 nitrogen and oxygen atoms in total. The number of esters is 1. The first kappa shape index (κ1) is 26.1. The van der Waals surface area contributed by atoms with E-state index in [-0.39, 0.29) is 58.7 Å². The SMILES string of the molecule is C=C(C(C)C)C(O)C(O)C(C)C1CCC2C3COC(=O)C4CC(O)C(O)C[C@]4(C)C3CC[C@]12C. The minimum Gasteiger partial charge on any atom is -0.465 e. The Balaban J connectivity index is 1.58. The second kappa shape index (κ2) is 9.17. The number of carbonyl (C=O) groups is 1. The smallest absolute Gasteiger partial charge is 0.309 e. The van der Waals surface area contributed by atoms with Crippen molar-refractivity contribution in [1.29, 1.82) is 0 Å². The van der Waals surface area contributed by atoms with E-state index >= 15 is 0 Å². The van der Waals surface area contributed by atoms with E-state index in [4.69, 9.17) is 4.74 Å². The van der Waals surface area contributed by atoms with Crippen molar-refractivity contribution in [3.8, 4) is 0 Å². The summed E-state index contributed by atoms with van der Waals surface area (Å²) in [4.78, 5) is 13.0. The second-order valence-electron chi connectivity index (χ2n) is 12.9. The van der Waals surface area contributed by atoms with Crippen LogP contribution in [-0.4, -0.2) is 57.4 Å². The molecule has 4 rings (SSSR count). The van der Waals surface area contributed by atoms with E-state index in [1.807, 2.05) is 13.8 Å². The first-order valence-corrected chi connectivity index (χ1v) is 13.4. The highest BCUT2D eigenvalue weighted by Crippen LogP contribution is 2.66. The zero-order chi connectivity index (χ0) is 25.2. The molecule has 0 spiro atoms. The molecule has 34 heavy (non-hydrogen) atoms. The van der Waals surface area contributed by atoms with Crippen LogP contribution >= 0.6 is 0 Å². The maximum atomic E-state index is 13.0. The third kappa shape index (κ3) is 3.97. The molecule has 3 aliphatic carbocycles. The fraction of sp³-hybridized carbons (Fsp3) is 0.893. The molecule has 194 valence electrons. The lowest BCUT2D eigenvalue weighted by Gasteiger charge is -2.56. The normalized spacial score (nSPS) is 47.0. The molecule has 10 unspecified atom stereocenters. The number of aliphatic hydroxyl groups excluding tert-OH is 4. The van der Waals surface area contributed by atoms with Crippen molar-refractivity contribution in [2.45, 2.75) is 97.6 Å². The number of fused-ring (bicyclic) bond motifs is 5. The van der Waals surface area contributed by atoms with Crippen molar-refractivity contribution < 1.29 is 30.0 Å². The van der Waals surface area contributed by atoms with E-state index in [0.717, 1.165) is 25.7 Å². The minimum atomic E-state index is -0.928. The van der Waals surface area contributed by atoms with Crippen molar-refractivity contribution in [3.05, 3.63) is 12.2 Å². The van der Waals surface area contributed by atoms with E-state index in [1.165, 1.54) is 0 Å². The maximum Gasteiger partial charge on any atom is 0.309 e. The predicted octanol–water partition coefficient (Wildman–Crippen LogP) is 3.31. The highest BCUT2D eigenvalue weighted by molar-refractivity contribution is 5.74. The van der Waals surface area contributed by atoms with Gasteiger partial charge in [0, 0.05) is 0 Å². The lowest BCUT2D eigenvalue weighted by atomic mass is 9.48. The van der Waals surface area contributed by atoms with Crippen LogP contribution in [0.1, 0.15) is 73.1 Å². The molecule has 0 amide bonds. The molecule has 6 heteroatoms. The molecule has 1 aliphatic heterocycles. The van der Waals surface area contributed by atoms with Crippen LogP contribution < -0.4 is 0 Å². The third-order valence-corrected chi connectivity index (χ3v) is 11.0. The minimum absolute atomic E-state index is 0.00412. The molecule has 4 aliphatic rings. The summed E-state index contributed by atoms with van der Waals surface area (Å²) in [6.07, 6.45) is 1.19. The summed E-state index contributed by atoms with van der Waals surface area (Å²) < 4.78 is 5.85. The molecule has 12 atom stereocenters. The van der Waals surface area contributed by atoms with Crippen LogP contribution in [-0.2, 0) is 9.53 Å². The van der Waals surface area contributed by atoms with Gasteiger partial charge in [0.15, 0.2) is 0 Å². The van der Waals surface area contributed by atoms with Crippen LogP contribution in [0, 0.1) is 52.3 Å². The predicted molar refractivity (Wildman–Crippen MR) is 129 cm³/mol. The molecular formula is C28H46O6. The molecule has 4 N–H and O–H groups in total. The lowest BCUT2D eigenvalue weighted by molar-refractivity contribution is -0.162. The Hall–Kier alpha value is -0.950. The highest BCUT2D eigenvalue weighted by atomic mass is 16.5. The summed E-state index contributed by atoms with van der Waals surface area (Å²) in [5.41, 5.74) is 0.290. The van der Waals surface area contributed by atoms with Crippen molar-refractivity contribution >= 4 is 5.97 Å². The average molecular weight is 479 g/mol. The van der Waals surface area contributed by atoms with Crippen molar-refractivity contribution in [2.75, 3.05) is 6.61 Å². The number of rotatable bonds is 5. The Bertz CT molecular complexity index is 796. The summed E-state index contributed by atoms with van der Waals surface area (Å²) in [5, 5.41) is 42.7. The van der Waals surface area contributed by atoms with Crippen LogP contribution in [0.2, 0.25) is 0 Å². The van der Waals surface area contributed by atoms with Gasteiger partial charge < -0.3 is 25.2 Å². The topological polar surface area (TPSA) is 107 Å². The molecule has 3 saturated carbocycles. The van der Waals surface area contributed by atoms with Crippen LogP contribution in [0.3, 0.4) is 0 Å². The largest absolute Gasteiger partial charge is 0.465 e. The van der Waals surface area contributed by atoms with Gasteiger partial charge in [-0.1, -0.05) is 41.2 Å². The number of hydrogen-bond acceptors (Lipinski definition) is 6. The number of ether oxygens (including phenoxy) is 1. The fourth-order valence-electron chi connectivity index (χ4n) is 8.78. The monoisotopic (exact) mass is 478 g/mol. The highest BCUT2D eigenvalue weighted by Gasteiger charge is 2.63. The zero-order valence-corrected chi connectivity index (χ0v) is 21.6. The first-order chi connectivity index (χ1) is 15.8. The molecule has 4 fully saturated rings. The molecule has 0 radical (unpaired) electrons.